The van der Waals surface area contributed by atoms with Crippen molar-refractivity contribution in [2.75, 3.05) is 0 Å². The third-order valence-electron chi connectivity index (χ3n) is 0.804. The normalized spacial score (nSPS) is 4.80. The molecule has 0 radical (unpaired) electrons. The van der Waals surface area contributed by atoms with Crippen LogP contribution in [0.25, 0.3) is 0 Å². The van der Waals surface area contributed by atoms with E-state index in [1.54, 1.807) is 0 Å². The largest absolute Gasteiger partial charge is 0.0299 e. The highest BCUT2D eigenvalue weighted by molar-refractivity contribution is 7.09. The highest BCUT2D eigenvalue weighted by atomic mass is 32.1. The van der Waals surface area contributed by atoms with E-state index in [2.05, 4.69) is 68.7 Å². The van der Waals surface area contributed by atoms with Gasteiger partial charge in [0.25, 0.3) is 0 Å². The Labute approximate surface area is 102 Å². The van der Waals surface area contributed by atoms with Crippen molar-refractivity contribution in [2.24, 2.45) is 0 Å². The molecule has 0 aliphatic rings. The highest BCUT2D eigenvalue weighted by Gasteiger charge is 1.47. The summed E-state index contributed by atoms with van der Waals surface area (Å²) in [6, 6.07) is 15.5. The zero-order chi connectivity index (χ0) is 10.6. The molecule has 66 valence electrons. The van der Waals surface area contributed by atoms with Crippen molar-refractivity contribution in [3.05, 3.63) is 68.7 Å². The lowest BCUT2D eigenvalue weighted by Crippen LogP contribution is -1.26. The molecule has 15 heavy (non-hydrogen) atoms. The molecule has 0 atom stereocenters. The summed E-state index contributed by atoms with van der Waals surface area (Å²) in [6.07, 6.45) is 0. The van der Waals surface area contributed by atoms with Crippen molar-refractivity contribution in [2.45, 2.75) is 0 Å². The Morgan fingerprint density at radius 3 is 1.13 bits per heavy atom. The Bertz CT molecular complexity index is 243. The summed E-state index contributed by atoms with van der Waals surface area (Å²) in [5.74, 6) is 0. The van der Waals surface area contributed by atoms with E-state index in [0.717, 1.165) is 0 Å². The van der Waals surface area contributed by atoms with E-state index < -0.39 is 0 Å². The summed E-state index contributed by atoms with van der Waals surface area (Å²) in [5, 5.41) is 16.5. The summed E-state index contributed by atoms with van der Waals surface area (Å²) in [5.41, 5.74) is 0. The van der Waals surface area contributed by atoms with Gasteiger partial charge in [0.05, 0.1) is 0 Å². The lowest BCUT2D eigenvalue weighted by atomic mass is 10.7. The number of hydrogen-bond acceptors (Lipinski definition) is 3. The van der Waals surface area contributed by atoms with Crippen LogP contribution in [0.5, 0.6) is 0 Å². The van der Waals surface area contributed by atoms with Gasteiger partial charge in [0, 0.05) is 68.7 Å². The summed E-state index contributed by atoms with van der Waals surface area (Å²) < 4.78 is 0. The van der Waals surface area contributed by atoms with Crippen molar-refractivity contribution in [3.8, 4) is 0 Å². The molecule has 0 amide bonds. The fourth-order valence-electron chi connectivity index (χ4n) is 0.387. The smallest absolute Gasteiger partial charge is 0.0148 e. The Morgan fingerprint density at radius 1 is 0.333 bits per heavy atom. The van der Waals surface area contributed by atoms with Gasteiger partial charge in [0.1, 0.15) is 0 Å². The van der Waals surface area contributed by atoms with Crippen LogP contribution in [0.4, 0.5) is 0 Å². The molecule has 0 unspecified atom stereocenters. The summed E-state index contributed by atoms with van der Waals surface area (Å²) >= 11 is 3.58. The molecule has 0 fully saturated rings. The second-order valence-electron chi connectivity index (χ2n) is 1.67. The average molecular weight is 240 g/mol. The molecule has 0 saturated heterocycles. The molecule has 0 bridgehead atoms. The van der Waals surface area contributed by atoms with Crippen LogP contribution in [0, 0.1) is 68.7 Å². The SMILES string of the molecule is c1c#cc#csc#csc#csc#cc#1. The van der Waals surface area contributed by atoms with Gasteiger partial charge in [0.2, 0.25) is 0 Å². The van der Waals surface area contributed by atoms with Crippen molar-refractivity contribution in [1.82, 2.24) is 0 Å². The fraction of sp³-hybridized carbons (Fsp3) is 0. The van der Waals surface area contributed by atoms with E-state index >= 15 is 0 Å². The summed E-state index contributed by atoms with van der Waals surface area (Å²) in [4.78, 5) is 0. The van der Waals surface area contributed by atoms with E-state index in [4.69, 9.17) is 0 Å². The summed E-state index contributed by atoms with van der Waals surface area (Å²) in [7, 11) is 0. The van der Waals surface area contributed by atoms with Gasteiger partial charge in [-0.15, -0.1) is 0 Å². The standard InChI is InChI=1S/C12S3/c1-2-4-6-8-14-10-12-15-11-9-13-7-5-3-1. The minimum absolute atomic E-state index is 1.19. The molecular weight excluding hydrogens is 240 g/mol. The lowest BCUT2D eigenvalue weighted by Gasteiger charge is -1.45. The molecule has 0 aromatic carbocycles. The van der Waals surface area contributed by atoms with Gasteiger partial charge in [-0.2, -0.15) is 0 Å². The predicted molar refractivity (Wildman–Crippen MR) is 59.0 cm³/mol. The Hall–Kier alpha value is -1.98. The third-order valence-corrected chi connectivity index (χ3v) is 2.29. The number of rotatable bonds is 0. The van der Waals surface area contributed by atoms with E-state index in [1.165, 1.54) is 34.0 Å². The van der Waals surface area contributed by atoms with Gasteiger partial charge in [-0.25, -0.2) is 0 Å². The Kier molecular flexibility index (Phi) is 6.37. The zero-order valence-corrected chi connectivity index (χ0v) is 9.67. The second-order valence-corrected chi connectivity index (χ2v) is 3.51. The molecule has 1 heterocycles. The first kappa shape index (κ1) is 11.1. The molecule has 3 heteroatoms. The Morgan fingerprint density at radius 2 is 0.667 bits per heavy atom. The van der Waals surface area contributed by atoms with Gasteiger partial charge in [-0.1, -0.05) is 0 Å². The van der Waals surface area contributed by atoms with Gasteiger partial charge >= 0.3 is 0 Å². The monoisotopic (exact) mass is 240 g/mol. The molecule has 0 aliphatic heterocycles. The van der Waals surface area contributed by atoms with Crippen molar-refractivity contribution in [1.29, 1.82) is 0 Å². The maximum absolute atomic E-state index is 2.77. The van der Waals surface area contributed by atoms with E-state index in [9.17, 15) is 0 Å². The predicted octanol–water partition coefficient (Wildman–Crippen LogP) is 2.85. The quantitative estimate of drug-likeness (QED) is 0.654. The van der Waals surface area contributed by atoms with Crippen LogP contribution in [0.1, 0.15) is 0 Å². The first-order valence-electron chi connectivity index (χ1n) is 3.47. The maximum Gasteiger partial charge on any atom is 0.0148 e. The first-order chi connectivity index (χ1) is 7.50. The number of hydrogen-bond donors (Lipinski definition) is 0. The van der Waals surface area contributed by atoms with Crippen molar-refractivity contribution in [3.63, 3.8) is 0 Å². The molecule has 0 spiro atoms. The van der Waals surface area contributed by atoms with E-state index in [-0.39, 0.29) is 0 Å². The molecule has 1 aromatic rings. The van der Waals surface area contributed by atoms with Crippen LogP contribution in [-0.2, 0) is 0 Å². The molecule has 0 aliphatic carbocycles. The molecular formula is C12S3. The third kappa shape index (κ3) is 7.12. The molecule has 1 rings (SSSR count). The lowest BCUT2D eigenvalue weighted by molar-refractivity contribution is 1.93. The van der Waals surface area contributed by atoms with Gasteiger partial charge < -0.3 is 0 Å². The van der Waals surface area contributed by atoms with Crippen LogP contribution in [0.15, 0.2) is 0 Å². The fourth-order valence-corrected chi connectivity index (χ4v) is 1.41. The van der Waals surface area contributed by atoms with Crippen LogP contribution in [0.2, 0.25) is 0 Å². The minimum Gasteiger partial charge on any atom is -0.0299 e. The second kappa shape index (κ2) is 8.61. The first-order valence-corrected chi connectivity index (χ1v) is 5.92. The zero-order valence-electron chi connectivity index (χ0n) is 7.22. The molecule has 1 aromatic heterocycles. The molecule has 0 nitrogen and oxygen atoms in total. The summed E-state index contributed by atoms with van der Waals surface area (Å²) in [6.45, 7) is 0. The van der Waals surface area contributed by atoms with E-state index in [0.29, 0.717) is 0 Å². The Balaban J connectivity index is 3.01. The van der Waals surface area contributed by atoms with Gasteiger partial charge in [-0.3, -0.25) is 0 Å². The van der Waals surface area contributed by atoms with Crippen LogP contribution in [0.3, 0.4) is 0 Å². The van der Waals surface area contributed by atoms with Crippen molar-refractivity contribution < 1.29 is 0 Å². The van der Waals surface area contributed by atoms with Crippen LogP contribution in [-0.4, -0.2) is 0 Å². The van der Waals surface area contributed by atoms with Crippen LogP contribution < -0.4 is 0 Å². The average Bonchev–Trinajstić information content (AvgIpc) is 2.27. The van der Waals surface area contributed by atoms with Gasteiger partial charge in [0.15, 0.2) is 0 Å². The maximum atomic E-state index is 2.77. The van der Waals surface area contributed by atoms with E-state index in [1.807, 2.05) is 0 Å². The highest BCUT2D eigenvalue weighted by Crippen LogP contribution is 1.77. The van der Waals surface area contributed by atoms with Crippen LogP contribution >= 0.6 is 34.0 Å². The van der Waals surface area contributed by atoms with Crippen molar-refractivity contribution >= 4 is 34.0 Å². The minimum atomic E-state index is 1.19. The topological polar surface area (TPSA) is 0 Å². The molecule has 0 saturated carbocycles. The molecule has 0 N–H and O–H groups in total. The van der Waals surface area contributed by atoms with Gasteiger partial charge in [-0.05, 0) is 34.0 Å².